The molecule has 1 aromatic rings. The largest absolute Gasteiger partial charge is 0.465 e. The van der Waals surface area contributed by atoms with Crippen LogP contribution in [0.25, 0.3) is 0 Å². The zero-order chi connectivity index (χ0) is 13.5. The minimum Gasteiger partial charge on any atom is -0.465 e. The second-order valence-electron chi connectivity index (χ2n) is 3.35. The van der Waals surface area contributed by atoms with Gasteiger partial charge in [0.05, 0.1) is 6.61 Å². The van der Waals surface area contributed by atoms with Gasteiger partial charge in [-0.05, 0) is 13.8 Å². The number of urea groups is 1. The van der Waals surface area contributed by atoms with Gasteiger partial charge in [0.25, 0.3) is 5.56 Å². The van der Waals surface area contributed by atoms with Gasteiger partial charge in [0.2, 0.25) is 5.95 Å². The van der Waals surface area contributed by atoms with Crippen molar-refractivity contribution in [2.75, 3.05) is 18.5 Å². The minimum absolute atomic E-state index is 0.0151. The van der Waals surface area contributed by atoms with Gasteiger partial charge in [-0.1, -0.05) is 0 Å². The maximum atomic E-state index is 11.4. The van der Waals surface area contributed by atoms with Gasteiger partial charge in [-0.15, -0.1) is 0 Å². The number of anilines is 1. The molecule has 1 aromatic heterocycles. The fourth-order valence-electron chi connectivity index (χ4n) is 1.15. The van der Waals surface area contributed by atoms with Crippen molar-refractivity contribution >= 4 is 17.9 Å². The lowest BCUT2D eigenvalue weighted by Gasteiger charge is -2.06. The second-order valence-corrected chi connectivity index (χ2v) is 3.35. The van der Waals surface area contributed by atoms with E-state index in [9.17, 15) is 14.4 Å². The van der Waals surface area contributed by atoms with Gasteiger partial charge in [0.15, 0.2) is 0 Å². The molecule has 98 valence electrons. The summed E-state index contributed by atoms with van der Waals surface area (Å²) in [5, 5.41) is 4.56. The van der Waals surface area contributed by atoms with Gasteiger partial charge >= 0.3 is 12.0 Å². The van der Waals surface area contributed by atoms with Crippen LogP contribution in [0.15, 0.2) is 10.9 Å². The summed E-state index contributed by atoms with van der Waals surface area (Å²) in [5.74, 6) is -0.528. The molecule has 0 saturated carbocycles. The average Bonchev–Trinajstić information content (AvgIpc) is 2.25. The molecule has 0 spiro atoms. The Morgan fingerprint density at radius 3 is 2.83 bits per heavy atom. The smallest absolute Gasteiger partial charge is 0.325 e. The fourth-order valence-corrected chi connectivity index (χ4v) is 1.15. The van der Waals surface area contributed by atoms with Crippen LogP contribution >= 0.6 is 0 Å². The number of hydrogen-bond acceptors (Lipinski definition) is 5. The summed E-state index contributed by atoms with van der Waals surface area (Å²) in [5.41, 5.74) is 0.0997. The van der Waals surface area contributed by atoms with Crippen molar-refractivity contribution in [3.8, 4) is 0 Å². The first-order chi connectivity index (χ1) is 8.51. The van der Waals surface area contributed by atoms with Gasteiger partial charge in [-0.3, -0.25) is 19.9 Å². The van der Waals surface area contributed by atoms with E-state index in [2.05, 4.69) is 25.3 Å². The van der Waals surface area contributed by atoms with Gasteiger partial charge in [0, 0.05) is 11.8 Å². The normalized spacial score (nSPS) is 9.67. The lowest BCUT2D eigenvalue weighted by Crippen LogP contribution is -2.35. The lowest BCUT2D eigenvalue weighted by atomic mass is 10.4. The van der Waals surface area contributed by atoms with Crippen LogP contribution in [0.4, 0.5) is 10.7 Å². The third-order valence-corrected chi connectivity index (χ3v) is 1.80. The predicted octanol–water partition coefficient (Wildman–Crippen LogP) is -0.237. The van der Waals surface area contributed by atoms with Gasteiger partial charge in [0.1, 0.15) is 6.54 Å². The van der Waals surface area contributed by atoms with E-state index in [0.717, 1.165) is 0 Å². The van der Waals surface area contributed by atoms with Crippen LogP contribution < -0.4 is 16.2 Å². The van der Waals surface area contributed by atoms with Crippen molar-refractivity contribution in [3.05, 3.63) is 22.1 Å². The number of esters is 1. The van der Waals surface area contributed by atoms with E-state index in [1.165, 1.54) is 6.07 Å². The highest BCUT2D eigenvalue weighted by atomic mass is 16.5. The molecule has 1 rings (SSSR count). The van der Waals surface area contributed by atoms with E-state index < -0.39 is 12.0 Å². The Bertz CT molecular complexity index is 497. The van der Waals surface area contributed by atoms with E-state index in [-0.39, 0.29) is 24.7 Å². The molecule has 18 heavy (non-hydrogen) atoms. The fraction of sp³-hybridized carbons (Fsp3) is 0.400. The van der Waals surface area contributed by atoms with E-state index in [0.29, 0.717) is 5.69 Å². The van der Waals surface area contributed by atoms with E-state index in [1.54, 1.807) is 13.8 Å². The number of ether oxygens (including phenoxy) is 1. The molecule has 0 aliphatic rings. The van der Waals surface area contributed by atoms with Crippen LogP contribution in [0.2, 0.25) is 0 Å². The summed E-state index contributed by atoms with van der Waals surface area (Å²) < 4.78 is 4.63. The highest BCUT2D eigenvalue weighted by molar-refractivity contribution is 5.89. The van der Waals surface area contributed by atoms with Gasteiger partial charge < -0.3 is 10.1 Å². The quantitative estimate of drug-likeness (QED) is 0.642. The van der Waals surface area contributed by atoms with Crippen LogP contribution in [0.5, 0.6) is 0 Å². The maximum absolute atomic E-state index is 11.4. The molecule has 0 aliphatic heterocycles. The number of aryl methyl sites for hydroxylation is 1. The average molecular weight is 254 g/mol. The SMILES string of the molecule is CCOC(=O)CNC(=O)Nc1nc(C)cc(=O)[nH]1. The molecular weight excluding hydrogens is 240 g/mol. The van der Waals surface area contributed by atoms with Crippen LogP contribution in [0.1, 0.15) is 12.6 Å². The molecule has 0 bridgehead atoms. The Morgan fingerprint density at radius 2 is 2.22 bits per heavy atom. The van der Waals surface area contributed by atoms with Crippen LogP contribution in [-0.2, 0) is 9.53 Å². The van der Waals surface area contributed by atoms with E-state index in [4.69, 9.17) is 0 Å². The summed E-state index contributed by atoms with van der Waals surface area (Å²) in [4.78, 5) is 39.7. The van der Waals surface area contributed by atoms with Crippen LogP contribution in [0.3, 0.4) is 0 Å². The van der Waals surface area contributed by atoms with Crippen molar-refractivity contribution in [1.29, 1.82) is 0 Å². The number of aromatic amines is 1. The van der Waals surface area contributed by atoms with E-state index >= 15 is 0 Å². The minimum atomic E-state index is -0.656. The molecule has 2 amide bonds. The van der Waals surface area contributed by atoms with Crippen molar-refractivity contribution in [2.45, 2.75) is 13.8 Å². The number of nitrogens with zero attached hydrogens (tertiary/aromatic N) is 1. The Balaban J connectivity index is 2.49. The predicted molar refractivity (Wildman–Crippen MR) is 63.2 cm³/mol. The Kier molecular flexibility index (Phi) is 4.85. The Labute approximate surface area is 103 Å². The summed E-state index contributed by atoms with van der Waals surface area (Å²) in [7, 11) is 0. The molecular formula is C10H14N4O4. The van der Waals surface area contributed by atoms with Crippen LogP contribution in [0, 0.1) is 6.92 Å². The highest BCUT2D eigenvalue weighted by Crippen LogP contribution is 1.94. The number of hydrogen-bond donors (Lipinski definition) is 3. The Morgan fingerprint density at radius 1 is 1.50 bits per heavy atom. The molecule has 3 N–H and O–H groups in total. The first kappa shape index (κ1) is 13.7. The number of H-pyrrole nitrogens is 1. The van der Waals surface area contributed by atoms with Crippen molar-refractivity contribution in [3.63, 3.8) is 0 Å². The monoisotopic (exact) mass is 254 g/mol. The summed E-state index contributed by atoms with van der Waals surface area (Å²) in [6, 6.07) is 0.638. The molecule has 8 heteroatoms. The molecule has 0 radical (unpaired) electrons. The van der Waals surface area contributed by atoms with Crippen LogP contribution in [-0.4, -0.2) is 35.1 Å². The summed E-state index contributed by atoms with van der Waals surface area (Å²) >= 11 is 0. The number of aromatic nitrogens is 2. The molecule has 8 nitrogen and oxygen atoms in total. The number of rotatable bonds is 4. The molecule has 0 atom stereocenters. The first-order valence-electron chi connectivity index (χ1n) is 5.29. The molecule has 1 heterocycles. The topological polar surface area (TPSA) is 113 Å². The summed E-state index contributed by atoms with van der Waals surface area (Å²) in [6.07, 6.45) is 0. The third-order valence-electron chi connectivity index (χ3n) is 1.80. The molecule has 0 saturated heterocycles. The third kappa shape index (κ3) is 4.64. The zero-order valence-electron chi connectivity index (χ0n) is 10.1. The Hall–Kier alpha value is -2.38. The van der Waals surface area contributed by atoms with Gasteiger partial charge in [-0.2, -0.15) is 0 Å². The number of amides is 2. The van der Waals surface area contributed by atoms with Crippen molar-refractivity contribution < 1.29 is 14.3 Å². The highest BCUT2D eigenvalue weighted by Gasteiger charge is 2.07. The number of nitrogens with one attached hydrogen (secondary N) is 3. The lowest BCUT2D eigenvalue weighted by molar-refractivity contribution is -0.141. The van der Waals surface area contributed by atoms with Crippen molar-refractivity contribution in [2.24, 2.45) is 0 Å². The molecule has 0 fully saturated rings. The van der Waals surface area contributed by atoms with E-state index in [1.807, 2.05) is 0 Å². The second kappa shape index (κ2) is 6.38. The zero-order valence-corrected chi connectivity index (χ0v) is 10.1. The summed E-state index contributed by atoms with van der Waals surface area (Å²) in [6.45, 7) is 3.28. The standard InChI is InChI=1S/C10H14N4O4/c1-3-18-8(16)5-11-10(17)14-9-12-6(2)4-7(15)13-9/h4H,3,5H2,1-2H3,(H3,11,12,13,14,15,17). The number of carbonyl (C=O) groups excluding carboxylic acids is 2. The molecule has 0 unspecified atom stereocenters. The van der Waals surface area contributed by atoms with Crippen molar-refractivity contribution in [1.82, 2.24) is 15.3 Å². The number of carbonyl (C=O) groups is 2. The maximum Gasteiger partial charge on any atom is 0.325 e. The molecule has 0 aromatic carbocycles. The first-order valence-corrected chi connectivity index (χ1v) is 5.29. The molecule has 0 aliphatic carbocycles. The van der Waals surface area contributed by atoms with Gasteiger partial charge in [-0.25, -0.2) is 9.78 Å².